The summed E-state index contributed by atoms with van der Waals surface area (Å²) < 4.78 is 0. The maximum Gasteiger partial charge on any atom is 0.0276 e. The summed E-state index contributed by atoms with van der Waals surface area (Å²) in [6.45, 7) is 7.69. The topological polar surface area (TPSA) is 32.5 Å². The van der Waals surface area contributed by atoms with Gasteiger partial charge in [0.25, 0.3) is 0 Å². The normalized spacial score (nSPS) is 29.0. The van der Waals surface area contributed by atoms with Crippen LogP contribution in [0.25, 0.3) is 0 Å². The molecule has 1 saturated heterocycles. The van der Waals surface area contributed by atoms with Crippen molar-refractivity contribution < 1.29 is 0 Å². The Kier molecular flexibility index (Phi) is 3.06. The van der Waals surface area contributed by atoms with Crippen LogP contribution in [0, 0.1) is 0 Å². The molecule has 0 spiro atoms. The molecule has 0 aromatic rings. The van der Waals surface area contributed by atoms with E-state index in [0.717, 1.165) is 18.6 Å². The average molecular weight is 211 g/mol. The van der Waals surface area contributed by atoms with E-state index in [-0.39, 0.29) is 5.54 Å². The van der Waals surface area contributed by atoms with Gasteiger partial charge in [0.1, 0.15) is 0 Å². The van der Waals surface area contributed by atoms with Crippen LogP contribution in [0.4, 0.5) is 0 Å². The van der Waals surface area contributed by atoms with Gasteiger partial charge in [-0.1, -0.05) is 0 Å². The SMILES string of the molecule is CN(C1CC1)C1CCN(C(C)(C)CN)C1. The third-order valence-corrected chi connectivity index (χ3v) is 4.22. The van der Waals surface area contributed by atoms with Crippen molar-refractivity contribution in [3.8, 4) is 0 Å². The zero-order valence-electron chi connectivity index (χ0n) is 10.4. The molecule has 1 atom stereocenters. The fourth-order valence-electron chi connectivity index (χ4n) is 2.53. The van der Waals surface area contributed by atoms with Gasteiger partial charge in [-0.2, -0.15) is 0 Å². The van der Waals surface area contributed by atoms with E-state index in [1.54, 1.807) is 0 Å². The van der Waals surface area contributed by atoms with E-state index in [9.17, 15) is 0 Å². The average Bonchev–Trinajstić information content (AvgIpc) is 2.93. The molecule has 1 heterocycles. The number of nitrogens with zero attached hydrogens (tertiary/aromatic N) is 2. The van der Waals surface area contributed by atoms with Crippen molar-refractivity contribution in [1.29, 1.82) is 0 Å². The van der Waals surface area contributed by atoms with Gasteiger partial charge in [-0.25, -0.2) is 0 Å². The second-order valence-electron chi connectivity index (χ2n) is 5.80. The standard InChI is InChI=1S/C12H25N3/c1-12(2,9-13)15-7-6-11(8-15)14(3)10-4-5-10/h10-11H,4-9,13H2,1-3H3. The molecule has 0 radical (unpaired) electrons. The van der Waals surface area contributed by atoms with Crippen molar-refractivity contribution in [1.82, 2.24) is 9.80 Å². The number of rotatable bonds is 4. The third-order valence-electron chi connectivity index (χ3n) is 4.22. The Hall–Kier alpha value is -0.120. The van der Waals surface area contributed by atoms with E-state index in [4.69, 9.17) is 5.73 Å². The van der Waals surface area contributed by atoms with Crippen molar-refractivity contribution in [2.45, 2.75) is 50.7 Å². The molecule has 15 heavy (non-hydrogen) atoms. The van der Waals surface area contributed by atoms with E-state index in [2.05, 4.69) is 30.7 Å². The van der Waals surface area contributed by atoms with Crippen molar-refractivity contribution >= 4 is 0 Å². The van der Waals surface area contributed by atoms with Gasteiger partial charge in [-0.3, -0.25) is 9.80 Å². The molecular formula is C12H25N3. The van der Waals surface area contributed by atoms with E-state index < -0.39 is 0 Å². The summed E-state index contributed by atoms with van der Waals surface area (Å²) in [6.07, 6.45) is 4.14. The molecular weight excluding hydrogens is 186 g/mol. The lowest BCUT2D eigenvalue weighted by Crippen LogP contribution is -2.49. The summed E-state index contributed by atoms with van der Waals surface area (Å²) in [4.78, 5) is 5.14. The quantitative estimate of drug-likeness (QED) is 0.749. The molecule has 1 aliphatic heterocycles. The van der Waals surface area contributed by atoms with Gasteiger partial charge in [-0.15, -0.1) is 0 Å². The second kappa shape index (κ2) is 4.04. The van der Waals surface area contributed by atoms with Crippen LogP contribution in [0.5, 0.6) is 0 Å². The minimum atomic E-state index is 0.180. The molecule has 1 unspecified atom stereocenters. The highest BCUT2D eigenvalue weighted by molar-refractivity contribution is 4.95. The maximum absolute atomic E-state index is 5.82. The van der Waals surface area contributed by atoms with Crippen LogP contribution in [-0.4, -0.2) is 54.1 Å². The van der Waals surface area contributed by atoms with Crippen molar-refractivity contribution in [3.63, 3.8) is 0 Å². The first-order chi connectivity index (χ1) is 7.04. The Balaban J connectivity index is 1.88. The number of nitrogens with two attached hydrogens (primary N) is 1. The van der Waals surface area contributed by atoms with Gasteiger partial charge in [-0.05, 0) is 40.2 Å². The number of likely N-dealkylation sites (tertiary alicyclic amines) is 1. The summed E-state index contributed by atoms with van der Waals surface area (Å²) in [6, 6.07) is 1.65. The van der Waals surface area contributed by atoms with Gasteiger partial charge < -0.3 is 5.73 Å². The molecule has 0 amide bonds. The van der Waals surface area contributed by atoms with Crippen molar-refractivity contribution in [2.24, 2.45) is 5.73 Å². The van der Waals surface area contributed by atoms with Crippen molar-refractivity contribution in [2.75, 3.05) is 26.7 Å². The van der Waals surface area contributed by atoms with E-state index >= 15 is 0 Å². The van der Waals surface area contributed by atoms with E-state index in [1.165, 1.54) is 32.4 Å². The van der Waals surface area contributed by atoms with Gasteiger partial charge in [0.05, 0.1) is 0 Å². The largest absolute Gasteiger partial charge is 0.329 e. The van der Waals surface area contributed by atoms with Crippen LogP contribution in [0.2, 0.25) is 0 Å². The Labute approximate surface area is 93.6 Å². The summed E-state index contributed by atoms with van der Waals surface area (Å²) in [5.41, 5.74) is 6.00. The van der Waals surface area contributed by atoms with Crippen LogP contribution >= 0.6 is 0 Å². The summed E-state index contributed by atoms with van der Waals surface area (Å²) >= 11 is 0. The first kappa shape index (κ1) is 11.4. The lowest BCUT2D eigenvalue weighted by Gasteiger charge is -2.35. The van der Waals surface area contributed by atoms with Gasteiger partial charge in [0, 0.05) is 37.3 Å². The highest BCUT2D eigenvalue weighted by atomic mass is 15.3. The number of likely N-dealkylation sites (N-methyl/N-ethyl adjacent to an activating group) is 1. The molecule has 88 valence electrons. The molecule has 3 nitrogen and oxygen atoms in total. The number of hydrogen-bond donors (Lipinski definition) is 1. The molecule has 0 aromatic heterocycles. The first-order valence-electron chi connectivity index (χ1n) is 6.21. The zero-order chi connectivity index (χ0) is 11.1. The molecule has 3 heteroatoms. The van der Waals surface area contributed by atoms with E-state index in [0.29, 0.717) is 0 Å². The van der Waals surface area contributed by atoms with Crippen LogP contribution in [0.15, 0.2) is 0 Å². The zero-order valence-corrected chi connectivity index (χ0v) is 10.4. The molecule has 1 aliphatic carbocycles. The highest BCUT2D eigenvalue weighted by Crippen LogP contribution is 2.31. The summed E-state index contributed by atoms with van der Waals surface area (Å²) in [5, 5.41) is 0. The lowest BCUT2D eigenvalue weighted by atomic mass is 10.0. The smallest absolute Gasteiger partial charge is 0.0276 e. The molecule has 1 saturated carbocycles. The minimum Gasteiger partial charge on any atom is -0.329 e. The first-order valence-corrected chi connectivity index (χ1v) is 6.21. The summed E-state index contributed by atoms with van der Waals surface area (Å²) in [7, 11) is 2.29. The van der Waals surface area contributed by atoms with Gasteiger partial charge in [0.2, 0.25) is 0 Å². The van der Waals surface area contributed by atoms with E-state index in [1.807, 2.05) is 0 Å². The lowest BCUT2D eigenvalue weighted by molar-refractivity contribution is 0.142. The Morgan fingerprint density at radius 1 is 1.27 bits per heavy atom. The van der Waals surface area contributed by atoms with Crippen LogP contribution in [-0.2, 0) is 0 Å². The monoisotopic (exact) mass is 211 g/mol. The number of hydrogen-bond acceptors (Lipinski definition) is 3. The molecule has 2 N–H and O–H groups in total. The third kappa shape index (κ3) is 2.35. The highest BCUT2D eigenvalue weighted by Gasteiger charge is 2.38. The molecule has 0 aromatic carbocycles. The fraction of sp³-hybridized carbons (Fsp3) is 1.00. The minimum absolute atomic E-state index is 0.180. The van der Waals surface area contributed by atoms with Crippen molar-refractivity contribution in [3.05, 3.63) is 0 Å². The molecule has 2 fully saturated rings. The van der Waals surface area contributed by atoms with Crippen LogP contribution < -0.4 is 5.73 Å². The predicted octanol–water partition coefficient (Wildman–Crippen LogP) is 0.892. The summed E-state index contributed by atoms with van der Waals surface area (Å²) in [5.74, 6) is 0. The van der Waals surface area contributed by atoms with Crippen LogP contribution in [0.1, 0.15) is 33.1 Å². The Bertz CT molecular complexity index is 223. The molecule has 2 rings (SSSR count). The Morgan fingerprint density at radius 3 is 2.47 bits per heavy atom. The van der Waals surface area contributed by atoms with Crippen LogP contribution in [0.3, 0.4) is 0 Å². The van der Waals surface area contributed by atoms with Gasteiger partial charge in [0.15, 0.2) is 0 Å². The molecule has 2 aliphatic rings. The Morgan fingerprint density at radius 2 is 1.93 bits per heavy atom. The fourth-order valence-corrected chi connectivity index (χ4v) is 2.53. The second-order valence-corrected chi connectivity index (χ2v) is 5.80. The maximum atomic E-state index is 5.82. The predicted molar refractivity (Wildman–Crippen MR) is 63.9 cm³/mol. The molecule has 0 bridgehead atoms. The van der Waals surface area contributed by atoms with Gasteiger partial charge >= 0.3 is 0 Å².